The van der Waals surface area contributed by atoms with Crippen molar-refractivity contribution in [1.82, 2.24) is 5.32 Å². The van der Waals surface area contributed by atoms with Crippen LogP contribution in [0.3, 0.4) is 0 Å². The first-order valence-corrected chi connectivity index (χ1v) is 8.59. The third-order valence-corrected chi connectivity index (χ3v) is 5.48. The minimum Gasteiger partial charge on any atom is -0.482 e. The zero-order valence-corrected chi connectivity index (χ0v) is 14.2. The first-order chi connectivity index (χ1) is 11.2. The molecule has 0 aromatic heterocycles. The Morgan fingerprint density at radius 1 is 1.13 bits per heavy atom. The first kappa shape index (κ1) is 14.8. The van der Waals surface area contributed by atoms with Gasteiger partial charge in [0, 0.05) is 19.2 Å². The molecule has 0 aromatic carbocycles. The Bertz CT molecular complexity index is 690. The molecule has 2 unspecified atom stereocenters. The SMILES string of the molecule is COC1=C2C3=C(CC=CC3=CCC3=C2C(OC)CC(C)C3)CN1. The summed E-state index contributed by atoms with van der Waals surface area (Å²) in [6, 6.07) is 0. The Morgan fingerprint density at radius 2 is 2.00 bits per heavy atom. The lowest BCUT2D eigenvalue weighted by atomic mass is 9.76. The first-order valence-electron chi connectivity index (χ1n) is 8.59. The largest absolute Gasteiger partial charge is 0.482 e. The maximum absolute atomic E-state index is 5.91. The Morgan fingerprint density at radius 3 is 2.78 bits per heavy atom. The van der Waals surface area contributed by atoms with E-state index in [0.717, 1.165) is 38.1 Å². The van der Waals surface area contributed by atoms with Gasteiger partial charge < -0.3 is 14.8 Å². The molecular formula is C20H25NO2. The fourth-order valence-corrected chi connectivity index (χ4v) is 4.49. The van der Waals surface area contributed by atoms with Gasteiger partial charge >= 0.3 is 0 Å². The molecule has 23 heavy (non-hydrogen) atoms. The van der Waals surface area contributed by atoms with Gasteiger partial charge in [0.1, 0.15) is 0 Å². The van der Waals surface area contributed by atoms with Crippen LogP contribution in [0, 0.1) is 5.92 Å². The Labute approximate surface area is 138 Å². The minimum absolute atomic E-state index is 0.168. The molecule has 0 saturated carbocycles. The van der Waals surface area contributed by atoms with Crippen molar-refractivity contribution < 1.29 is 9.47 Å². The van der Waals surface area contributed by atoms with Gasteiger partial charge in [0.25, 0.3) is 0 Å². The quantitative estimate of drug-likeness (QED) is 0.842. The summed E-state index contributed by atoms with van der Waals surface area (Å²) in [4.78, 5) is 0. The van der Waals surface area contributed by atoms with Gasteiger partial charge in [-0.2, -0.15) is 0 Å². The van der Waals surface area contributed by atoms with E-state index in [0.29, 0.717) is 5.92 Å². The summed E-state index contributed by atoms with van der Waals surface area (Å²) in [5.41, 5.74) is 8.38. The number of rotatable bonds is 2. The van der Waals surface area contributed by atoms with Crippen molar-refractivity contribution in [3.8, 4) is 0 Å². The lowest BCUT2D eigenvalue weighted by Crippen LogP contribution is -2.32. The molecule has 4 aliphatic rings. The topological polar surface area (TPSA) is 30.5 Å². The second kappa shape index (κ2) is 5.72. The molecule has 0 radical (unpaired) electrons. The number of nitrogens with one attached hydrogen (secondary N) is 1. The lowest BCUT2D eigenvalue weighted by Gasteiger charge is -2.36. The van der Waals surface area contributed by atoms with Crippen molar-refractivity contribution >= 4 is 0 Å². The van der Waals surface area contributed by atoms with Gasteiger partial charge in [-0.25, -0.2) is 0 Å². The maximum Gasteiger partial charge on any atom is 0.195 e. The standard InChI is InChI=1S/C20H25NO2/c1-12-9-14-8-7-13-5-4-6-15-11-21-20(23-3)19(17(13)15)18(14)16(10-12)22-2/h4-5,7,12,16,21H,6,8-11H2,1-3H3. The number of dihydropyridines is 1. The molecule has 0 spiro atoms. The zero-order chi connectivity index (χ0) is 16.0. The molecule has 3 heteroatoms. The highest BCUT2D eigenvalue weighted by Crippen LogP contribution is 2.47. The van der Waals surface area contributed by atoms with Crippen LogP contribution in [-0.2, 0) is 9.47 Å². The average molecular weight is 311 g/mol. The van der Waals surface area contributed by atoms with E-state index in [1.165, 1.54) is 33.4 Å². The average Bonchev–Trinajstić information content (AvgIpc) is 2.74. The molecule has 122 valence electrons. The van der Waals surface area contributed by atoms with Crippen LogP contribution in [0.1, 0.15) is 32.6 Å². The van der Waals surface area contributed by atoms with Crippen LogP contribution in [0.25, 0.3) is 0 Å². The molecule has 0 bridgehead atoms. The van der Waals surface area contributed by atoms with Gasteiger partial charge in [0.05, 0.1) is 13.2 Å². The van der Waals surface area contributed by atoms with Gasteiger partial charge in [0.2, 0.25) is 0 Å². The molecule has 0 aromatic rings. The number of methoxy groups -OCH3 is 2. The van der Waals surface area contributed by atoms with E-state index in [1.54, 1.807) is 7.11 Å². The van der Waals surface area contributed by atoms with E-state index in [4.69, 9.17) is 9.47 Å². The minimum atomic E-state index is 0.168. The van der Waals surface area contributed by atoms with Crippen molar-refractivity contribution in [1.29, 1.82) is 0 Å². The molecule has 0 fully saturated rings. The zero-order valence-electron chi connectivity index (χ0n) is 14.2. The van der Waals surface area contributed by atoms with Crippen molar-refractivity contribution in [3.05, 3.63) is 57.5 Å². The number of ether oxygens (including phenoxy) is 2. The molecule has 3 aliphatic carbocycles. The van der Waals surface area contributed by atoms with Crippen LogP contribution in [0.4, 0.5) is 0 Å². The number of allylic oxidation sites excluding steroid dienone is 6. The summed E-state index contributed by atoms with van der Waals surface area (Å²) in [7, 11) is 3.60. The monoisotopic (exact) mass is 311 g/mol. The molecule has 0 amide bonds. The second-order valence-corrected chi connectivity index (χ2v) is 7.00. The highest BCUT2D eigenvalue weighted by atomic mass is 16.5. The summed E-state index contributed by atoms with van der Waals surface area (Å²) in [5, 5.41) is 3.49. The summed E-state index contributed by atoms with van der Waals surface area (Å²) < 4.78 is 11.7. The molecule has 1 aliphatic heterocycles. The summed E-state index contributed by atoms with van der Waals surface area (Å²) in [6.07, 6.45) is 11.4. The van der Waals surface area contributed by atoms with Crippen molar-refractivity contribution in [2.45, 2.75) is 38.7 Å². The van der Waals surface area contributed by atoms with Gasteiger partial charge in [-0.15, -0.1) is 0 Å². The number of hydrogen-bond acceptors (Lipinski definition) is 3. The predicted octanol–water partition coefficient (Wildman–Crippen LogP) is 3.78. The van der Waals surface area contributed by atoms with Crippen LogP contribution >= 0.6 is 0 Å². The van der Waals surface area contributed by atoms with Crippen LogP contribution < -0.4 is 5.32 Å². The molecule has 2 atom stereocenters. The third-order valence-electron chi connectivity index (χ3n) is 5.48. The van der Waals surface area contributed by atoms with Gasteiger partial charge in [-0.05, 0) is 53.9 Å². The Kier molecular flexibility index (Phi) is 3.68. The van der Waals surface area contributed by atoms with E-state index in [2.05, 4.69) is 30.5 Å². The van der Waals surface area contributed by atoms with E-state index in [-0.39, 0.29) is 6.10 Å². The van der Waals surface area contributed by atoms with E-state index in [9.17, 15) is 0 Å². The number of hydrogen-bond donors (Lipinski definition) is 1. The smallest absolute Gasteiger partial charge is 0.195 e. The molecule has 3 nitrogen and oxygen atoms in total. The summed E-state index contributed by atoms with van der Waals surface area (Å²) in [5.74, 6) is 1.58. The van der Waals surface area contributed by atoms with Crippen LogP contribution in [0.15, 0.2) is 57.5 Å². The highest BCUT2D eigenvalue weighted by molar-refractivity contribution is 5.68. The molecule has 4 rings (SSSR count). The Hall–Kier alpha value is -1.74. The van der Waals surface area contributed by atoms with E-state index in [1.807, 2.05) is 7.11 Å². The van der Waals surface area contributed by atoms with Crippen LogP contribution in [0.2, 0.25) is 0 Å². The fraction of sp³-hybridized carbons (Fsp3) is 0.500. The molecular weight excluding hydrogens is 286 g/mol. The molecule has 0 saturated heterocycles. The van der Waals surface area contributed by atoms with Crippen molar-refractivity contribution in [2.75, 3.05) is 20.8 Å². The summed E-state index contributed by atoms with van der Waals surface area (Å²) >= 11 is 0. The van der Waals surface area contributed by atoms with Crippen LogP contribution in [-0.4, -0.2) is 26.9 Å². The third kappa shape index (κ3) is 2.29. The second-order valence-electron chi connectivity index (χ2n) is 7.00. The van der Waals surface area contributed by atoms with Gasteiger partial charge in [-0.1, -0.05) is 30.7 Å². The molecule has 1 heterocycles. The lowest BCUT2D eigenvalue weighted by molar-refractivity contribution is 0.103. The fourth-order valence-electron chi connectivity index (χ4n) is 4.49. The van der Waals surface area contributed by atoms with Crippen LogP contribution in [0.5, 0.6) is 0 Å². The number of fused-ring (bicyclic) bond motifs is 1. The molecule has 1 N–H and O–H groups in total. The van der Waals surface area contributed by atoms with Crippen molar-refractivity contribution in [2.24, 2.45) is 5.92 Å². The maximum atomic E-state index is 5.91. The normalized spacial score (nSPS) is 29.6. The Balaban J connectivity index is 1.95. The van der Waals surface area contributed by atoms with E-state index >= 15 is 0 Å². The summed E-state index contributed by atoms with van der Waals surface area (Å²) in [6.45, 7) is 3.20. The highest BCUT2D eigenvalue weighted by Gasteiger charge is 2.37. The van der Waals surface area contributed by atoms with Gasteiger partial charge in [-0.3, -0.25) is 0 Å². The van der Waals surface area contributed by atoms with Crippen molar-refractivity contribution in [3.63, 3.8) is 0 Å². The van der Waals surface area contributed by atoms with E-state index < -0.39 is 0 Å². The predicted molar refractivity (Wildman–Crippen MR) is 91.7 cm³/mol. The van der Waals surface area contributed by atoms with Gasteiger partial charge in [0.15, 0.2) is 5.88 Å².